The van der Waals surface area contributed by atoms with Crippen LogP contribution in [0.5, 0.6) is 0 Å². The first kappa shape index (κ1) is 20.8. The number of halogens is 2. The van der Waals surface area contributed by atoms with Crippen LogP contribution >= 0.6 is 0 Å². The van der Waals surface area contributed by atoms with Crippen molar-refractivity contribution in [3.63, 3.8) is 0 Å². The molecule has 0 aromatic rings. The first-order valence-electron chi connectivity index (χ1n) is 4.53. The van der Waals surface area contributed by atoms with Crippen molar-refractivity contribution in [3.05, 3.63) is 0 Å². The Morgan fingerprint density at radius 1 is 0.941 bits per heavy atom. The fraction of sp³-hybridized carbons (Fsp3) is 0.700. The fourth-order valence-corrected chi connectivity index (χ4v) is 0.327. The van der Waals surface area contributed by atoms with Crippen molar-refractivity contribution >= 4 is 17.7 Å². The smallest absolute Gasteiger partial charge is 0.300 e. The van der Waals surface area contributed by atoms with Gasteiger partial charge in [-0.05, 0) is 0 Å². The Bertz CT molecular complexity index is 236. The van der Waals surface area contributed by atoms with E-state index in [0.29, 0.717) is 0 Å². The van der Waals surface area contributed by atoms with Crippen LogP contribution < -0.4 is 0 Å². The van der Waals surface area contributed by atoms with E-state index in [2.05, 4.69) is 0 Å². The predicted molar refractivity (Wildman–Crippen MR) is 57.1 cm³/mol. The van der Waals surface area contributed by atoms with E-state index < -0.39 is 29.6 Å². The molecule has 0 aromatic heterocycles. The third kappa shape index (κ3) is 31.4. The highest BCUT2D eigenvalue weighted by Crippen LogP contribution is 2.18. The number of carboxylic acids is 2. The van der Waals surface area contributed by atoms with E-state index in [1.165, 1.54) is 20.8 Å². The Hall–Kier alpha value is -1.53. The summed E-state index contributed by atoms with van der Waals surface area (Å²) < 4.78 is 23.1. The molecular weight excluding hydrogens is 238 g/mol. The van der Waals surface area contributed by atoms with Crippen LogP contribution in [0.4, 0.5) is 8.78 Å². The molecule has 7 heteroatoms. The van der Waals surface area contributed by atoms with Crippen LogP contribution in [0.1, 0.15) is 34.6 Å². The van der Waals surface area contributed by atoms with Crippen molar-refractivity contribution < 1.29 is 33.4 Å². The summed E-state index contributed by atoms with van der Waals surface area (Å²) >= 11 is 0. The Labute approximate surface area is 98.4 Å². The average Bonchev–Trinajstić information content (AvgIpc) is 1.98. The minimum absolute atomic E-state index is 0.833. The number of hydrogen-bond donors (Lipinski definition) is 2. The topological polar surface area (TPSA) is 91.7 Å². The molecule has 0 rings (SSSR count). The van der Waals surface area contributed by atoms with Gasteiger partial charge < -0.3 is 10.2 Å². The molecule has 17 heavy (non-hydrogen) atoms. The lowest BCUT2D eigenvalue weighted by Crippen LogP contribution is -2.26. The van der Waals surface area contributed by atoms with Crippen molar-refractivity contribution in [1.82, 2.24) is 0 Å². The maximum absolute atomic E-state index is 11.6. The van der Waals surface area contributed by atoms with Crippen molar-refractivity contribution in [3.8, 4) is 0 Å². The number of carboxylic acid groups (broad SMARTS) is 2. The number of hydrogen-bond acceptors (Lipinski definition) is 3. The molecule has 0 saturated carbocycles. The normalized spacial score (nSPS) is 9.41. The van der Waals surface area contributed by atoms with E-state index in [1.807, 2.05) is 0 Å². The molecule has 0 radical (unpaired) electrons. The van der Waals surface area contributed by atoms with E-state index in [0.717, 1.165) is 13.8 Å². The molecule has 102 valence electrons. The van der Waals surface area contributed by atoms with Crippen LogP contribution in [-0.4, -0.2) is 34.4 Å². The lowest BCUT2D eigenvalue weighted by Gasteiger charge is -2.14. The summed E-state index contributed by atoms with van der Waals surface area (Å²) in [5.74, 6) is -2.66. The largest absolute Gasteiger partial charge is 0.481 e. The highest BCUT2D eigenvalue weighted by Gasteiger charge is 2.28. The number of aliphatic carboxylic acids is 2. The molecule has 5 nitrogen and oxygen atoms in total. The van der Waals surface area contributed by atoms with Gasteiger partial charge in [-0.3, -0.25) is 14.4 Å². The van der Waals surface area contributed by atoms with Crippen LogP contribution in [0, 0.1) is 5.41 Å². The van der Waals surface area contributed by atoms with Gasteiger partial charge in [0, 0.05) is 19.3 Å². The van der Waals surface area contributed by atoms with E-state index in [1.54, 1.807) is 0 Å². The highest BCUT2D eigenvalue weighted by atomic mass is 19.3. The molecule has 0 fully saturated rings. The first-order valence-corrected chi connectivity index (χ1v) is 4.53. The quantitative estimate of drug-likeness (QED) is 0.749. The number of Topliss-reactive ketones (excluding diaryl/α,β-unsaturated/α-hetero) is 1. The predicted octanol–water partition coefficient (Wildman–Crippen LogP) is 2.05. The van der Waals surface area contributed by atoms with Gasteiger partial charge in [0.1, 0.15) is 0 Å². The molecule has 0 aromatic carbocycles. The standard InChI is InChI=1S/C6H10F2O.2C2H4O2/c1-6(2,3)4(9)5(7)8;2*1-2(3)4/h5H,1-3H3;2*1H3,(H,3,4). The molecule has 0 atom stereocenters. The number of rotatable bonds is 1. The molecular formula is C10H18F2O5. The molecule has 0 aliphatic rings. The van der Waals surface area contributed by atoms with Gasteiger partial charge in [-0.1, -0.05) is 20.8 Å². The maximum Gasteiger partial charge on any atom is 0.300 e. The van der Waals surface area contributed by atoms with Crippen molar-refractivity contribution in [2.45, 2.75) is 41.0 Å². The van der Waals surface area contributed by atoms with Crippen molar-refractivity contribution in [2.75, 3.05) is 0 Å². The second-order valence-corrected chi connectivity index (χ2v) is 3.95. The Balaban J connectivity index is -0.000000205. The average molecular weight is 256 g/mol. The lowest BCUT2D eigenvalue weighted by atomic mass is 9.91. The van der Waals surface area contributed by atoms with Gasteiger partial charge in [0.2, 0.25) is 5.78 Å². The summed E-state index contributed by atoms with van der Waals surface area (Å²) in [5.41, 5.74) is -0.909. The minimum Gasteiger partial charge on any atom is -0.481 e. The number of alkyl halides is 2. The fourth-order valence-electron chi connectivity index (χ4n) is 0.327. The Kier molecular flexibility index (Phi) is 11.9. The van der Waals surface area contributed by atoms with E-state index in [4.69, 9.17) is 19.8 Å². The van der Waals surface area contributed by atoms with Gasteiger partial charge in [0.25, 0.3) is 18.4 Å². The molecule has 0 aliphatic heterocycles. The molecule has 0 saturated heterocycles. The molecule has 0 unspecified atom stereocenters. The minimum atomic E-state index is -2.83. The summed E-state index contributed by atoms with van der Waals surface area (Å²) in [7, 11) is 0. The second kappa shape index (κ2) is 9.68. The van der Waals surface area contributed by atoms with Gasteiger partial charge >= 0.3 is 0 Å². The van der Waals surface area contributed by atoms with E-state index >= 15 is 0 Å². The monoisotopic (exact) mass is 256 g/mol. The highest BCUT2D eigenvalue weighted by molar-refractivity contribution is 5.86. The maximum atomic E-state index is 11.6. The number of ketones is 1. The lowest BCUT2D eigenvalue weighted by molar-refractivity contribution is -0.137. The molecule has 0 heterocycles. The van der Waals surface area contributed by atoms with Crippen LogP contribution in [0.2, 0.25) is 0 Å². The summed E-state index contributed by atoms with van der Waals surface area (Å²) in [6, 6.07) is 0. The molecule has 0 spiro atoms. The van der Waals surface area contributed by atoms with E-state index in [-0.39, 0.29) is 0 Å². The van der Waals surface area contributed by atoms with Gasteiger partial charge in [0.15, 0.2) is 0 Å². The Morgan fingerprint density at radius 3 is 1.12 bits per heavy atom. The van der Waals surface area contributed by atoms with Crippen LogP contribution in [-0.2, 0) is 14.4 Å². The summed E-state index contributed by atoms with van der Waals surface area (Å²) in [4.78, 5) is 28.4. The van der Waals surface area contributed by atoms with Gasteiger partial charge in [-0.15, -0.1) is 0 Å². The van der Waals surface area contributed by atoms with Crippen LogP contribution in [0.15, 0.2) is 0 Å². The Morgan fingerprint density at radius 2 is 1.12 bits per heavy atom. The van der Waals surface area contributed by atoms with Crippen molar-refractivity contribution in [1.29, 1.82) is 0 Å². The SMILES string of the molecule is CC(=O)O.CC(=O)O.CC(C)(C)C(=O)C(F)F. The van der Waals surface area contributed by atoms with Crippen LogP contribution in [0.25, 0.3) is 0 Å². The second-order valence-electron chi connectivity index (χ2n) is 3.95. The third-order valence-corrected chi connectivity index (χ3v) is 0.937. The summed E-state index contributed by atoms with van der Waals surface area (Å²) in [5, 5.41) is 14.8. The first-order chi connectivity index (χ1) is 7.32. The summed E-state index contributed by atoms with van der Waals surface area (Å²) in [6.07, 6.45) is -2.83. The number of carbonyl (C=O) groups excluding carboxylic acids is 1. The zero-order chi connectivity index (χ0) is 14.8. The van der Waals surface area contributed by atoms with Gasteiger partial charge in [-0.25, -0.2) is 8.78 Å². The zero-order valence-electron chi connectivity index (χ0n) is 10.5. The molecule has 0 aliphatic carbocycles. The van der Waals surface area contributed by atoms with Gasteiger partial charge in [0.05, 0.1) is 0 Å². The summed E-state index contributed by atoms with van der Waals surface area (Å²) in [6.45, 7) is 6.59. The van der Waals surface area contributed by atoms with E-state index in [9.17, 15) is 13.6 Å². The van der Waals surface area contributed by atoms with Crippen LogP contribution in [0.3, 0.4) is 0 Å². The number of carbonyl (C=O) groups is 3. The molecule has 2 N–H and O–H groups in total. The van der Waals surface area contributed by atoms with Gasteiger partial charge in [-0.2, -0.15) is 0 Å². The molecule has 0 amide bonds. The van der Waals surface area contributed by atoms with Crippen molar-refractivity contribution in [2.24, 2.45) is 5.41 Å². The third-order valence-electron chi connectivity index (χ3n) is 0.937. The molecule has 0 bridgehead atoms. The zero-order valence-corrected chi connectivity index (χ0v) is 10.5.